The molecule has 2 N–H and O–H groups in total. The molecule has 0 aromatic carbocycles. The summed E-state index contributed by atoms with van der Waals surface area (Å²) in [5.41, 5.74) is 6.06. The molecule has 0 saturated heterocycles. The fraction of sp³-hybridized carbons (Fsp3) is 1.00. The molecule has 0 spiro atoms. The van der Waals surface area contributed by atoms with Gasteiger partial charge in [-0.3, -0.25) is 4.90 Å². The van der Waals surface area contributed by atoms with Gasteiger partial charge in [-0.05, 0) is 62.8 Å². The molecule has 2 nitrogen and oxygen atoms in total. The molecule has 2 heteroatoms. The van der Waals surface area contributed by atoms with Gasteiger partial charge in [-0.1, -0.05) is 19.8 Å². The van der Waals surface area contributed by atoms with Crippen molar-refractivity contribution in [3.05, 3.63) is 0 Å². The van der Waals surface area contributed by atoms with Gasteiger partial charge in [0.1, 0.15) is 0 Å². The van der Waals surface area contributed by atoms with Gasteiger partial charge in [0, 0.05) is 18.6 Å². The van der Waals surface area contributed by atoms with E-state index in [1.807, 2.05) is 0 Å². The summed E-state index contributed by atoms with van der Waals surface area (Å²) < 4.78 is 0. The van der Waals surface area contributed by atoms with Gasteiger partial charge in [-0.2, -0.15) is 0 Å². The van der Waals surface area contributed by atoms with Crippen molar-refractivity contribution in [2.75, 3.05) is 13.1 Å². The predicted octanol–water partition coefficient (Wildman–Crippen LogP) is 3.01. The summed E-state index contributed by atoms with van der Waals surface area (Å²) in [4.78, 5) is 2.90. The Kier molecular flexibility index (Phi) is 3.95. The minimum atomic E-state index is 0.784. The van der Waals surface area contributed by atoms with E-state index in [2.05, 4.69) is 11.8 Å². The second-order valence-electron chi connectivity index (χ2n) is 7.02. The zero-order chi connectivity index (χ0) is 12.5. The van der Waals surface area contributed by atoms with Gasteiger partial charge in [0.25, 0.3) is 0 Å². The Labute approximate surface area is 112 Å². The molecule has 18 heavy (non-hydrogen) atoms. The third-order valence-corrected chi connectivity index (χ3v) is 5.55. The molecule has 3 unspecified atom stereocenters. The van der Waals surface area contributed by atoms with Crippen LogP contribution in [0.4, 0.5) is 0 Å². The Morgan fingerprint density at radius 2 is 1.72 bits per heavy atom. The first-order valence-electron chi connectivity index (χ1n) is 8.27. The fourth-order valence-electron chi connectivity index (χ4n) is 3.91. The van der Waals surface area contributed by atoms with Gasteiger partial charge < -0.3 is 5.73 Å². The lowest BCUT2D eigenvalue weighted by molar-refractivity contribution is 0.0698. The summed E-state index contributed by atoms with van der Waals surface area (Å²) in [5.74, 6) is 2.79. The second kappa shape index (κ2) is 5.50. The molecule has 3 atom stereocenters. The van der Waals surface area contributed by atoms with E-state index in [9.17, 15) is 0 Å². The zero-order valence-electron chi connectivity index (χ0n) is 12.0. The summed E-state index contributed by atoms with van der Waals surface area (Å²) in [6.07, 6.45) is 11.5. The maximum atomic E-state index is 6.06. The van der Waals surface area contributed by atoms with Crippen LogP contribution in [0.15, 0.2) is 0 Å². The Morgan fingerprint density at radius 3 is 2.28 bits per heavy atom. The summed E-state index contributed by atoms with van der Waals surface area (Å²) in [6.45, 7) is 4.67. The van der Waals surface area contributed by atoms with Crippen molar-refractivity contribution in [3.8, 4) is 0 Å². The van der Waals surface area contributed by atoms with Gasteiger partial charge in [-0.25, -0.2) is 0 Å². The van der Waals surface area contributed by atoms with E-state index in [1.165, 1.54) is 57.9 Å². The normalized spacial score (nSPS) is 37.2. The molecule has 3 aliphatic carbocycles. The van der Waals surface area contributed by atoms with Gasteiger partial charge in [0.15, 0.2) is 0 Å². The average molecular weight is 250 g/mol. The quantitative estimate of drug-likeness (QED) is 0.785. The molecule has 3 aliphatic rings. The van der Waals surface area contributed by atoms with E-state index in [0.717, 1.165) is 36.4 Å². The number of hydrogen-bond donors (Lipinski definition) is 1. The molecular formula is C16H30N2. The molecule has 3 saturated carbocycles. The highest BCUT2D eigenvalue weighted by Gasteiger charge is 2.41. The molecule has 0 amide bonds. The van der Waals surface area contributed by atoms with Gasteiger partial charge >= 0.3 is 0 Å². The number of nitrogens with two attached hydrogens (primary N) is 1. The number of nitrogens with zero attached hydrogens (tertiary/aromatic N) is 1. The van der Waals surface area contributed by atoms with Crippen LogP contribution in [0.3, 0.4) is 0 Å². The lowest BCUT2D eigenvalue weighted by Crippen LogP contribution is -2.48. The van der Waals surface area contributed by atoms with Crippen LogP contribution in [0.2, 0.25) is 0 Å². The maximum Gasteiger partial charge on any atom is 0.0141 e. The molecular weight excluding hydrogens is 220 g/mol. The molecule has 0 radical (unpaired) electrons. The molecule has 0 heterocycles. The molecule has 3 rings (SSSR count). The van der Waals surface area contributed by atoms with Crippen LogP contribution in [0.1, 0.15) is 58.3 Å². The topological polar surface area (TPSA) is 29.3 Å². The summed E-state index contributed by atoms with van der Waals surface area (Å²) in [6, 6.07) is 1.75. The van der Waals surface area contributed by atoms with Crippen molar-refractivity contribution in [1.29, 1.82) is 0 Å². The first-order chi connectivity index (χ1) is 8.81. The summed E-state index contributed by atoms with van der Waals surface area (Å²) in [5, 5.41) is 0. The highest BCUT2D eigenvalue weighted by atomic mass is 15.2. The molecule has 3 fully saturated rings. The van der Waals surface area contributed by atoms with Gasteiger partial charge in [0.05, 0.1) is 0 Å². The van der Waals surface area contributed by atoms with Gasteiger partial charge in [0.2, 0.25) is 0 Å². The minimum Gasteiger partial charge on any atom is -0.330 e. The first-order valence-corrected chi connectivity index (χ1v) is 8.27. The van der Waals surface area contributed by atoms with E-state index >= 15 is 0 Å². The van der Waals surface area contributed by atoms with Crippen LogP contribution in [0.5, 0.6) is 0 Å². The lowest BCUT2D eigenvalue weighted by atomic mass is 9.76. The van der Waals surface area contributed by atoms with Crippen LogP contribution < -0.4 is 5.73 Å². The summed E-state index contributed by atoms with van der Waals surface area (Å²) in [7, 11) is 0. The van der Waals surface area contributed by atoms with Crippen molar-refractivity contribution in [2.45, 2.75) is 70.4 Å². The second-order valence-corrected chi connectivity index (χ2v) is 7.02. The van der Waals surface area contributed by atoms with E-state index in [0.29, 0.717) is 0 Å². The van der Waals surface area contributed by atoms with Crippen LogP contribution >= 0.6 is 0 Å². The number of hydrogen-bond acceptors (Lipinski definition) is 2. The molecule has 104 valence electrons. The van der Waals surface area contributed by atoms with Crippen LogP contribution in [-0.2, 0) is 0 Å². The smallest absolute Gasteiger partial charge is 0.0141 e. The van der Waals surface area contributed by atoms with Crippen molar-refractivity contribution in [3.63, 3.8) is 0 Å². The highest BCUT2D eigenvalue weighted by molar-refractivity contribution is 4.96. The van der Waals surface area contributed by atoms with Crippen molar-refractivity contribution >= 4 is 0 Å². The maximum absolute atomic E-state index is 6.06. The Balaban J connectivity index is 1.67. The highest BCUT2D eigenvalue weighted by Crippen LogP contribution is 2.41. The first kappa shape index (κ1) is 12.9. The van der Waals surface area contributed by atoms with Crippen molar-refractivity contribution < 1.29 is 0 Å². The Hall–Kier alpha value is -0.0800. The van der Waals surface area contributed by atoms with Crippen LogP contribution in [0, 0.1) is 17.8 Å². The van der Waals surface area contributed by atoms with Crippen molar-refractivity contribution in [1.82, 2.24) is 4.90 Å². The Bertz CT molecular complexity index is 270. The SMILES string of the molecule is CCC1CCC(CN)C(N(CC2CC2)C2CC2)C1. The Morgan fingerprint density at radius 1 is 1.00 bits per heavy atom. The fourth-order valence-corrected chi connectivity index (χ4v) is 3.91. The van der Waals surface area contributed by atoms with E-state index < -0.39 is 0 Å². The molecule has 0 aromatic heterocycles. The van der Waals surface area contributed by atoms with Gasteiger partial charge in [-0.15, -0.1) is 0 Å². The third kappa shape index (κ3) is 2.91. The molecule has 0 aliphatic heterocycles. The predicted molar refractivity (Wildman–Crippen MR) is 76.4 cm³/mol. The van der Waals surface area contributed by atoms with Crippen molar-refractivity contribution in [2.24, 2.45) is 23.5 Å². The number of rotatable bonds is 6. The standard InChI is InChI=1S/C16H30N2/c1-2-12-5-6-14(10-17)16(9-12)18(15-7-8-15)11-13-3-4-13/h12-16H,2-11,17H2,1H3. The zero-order valence-corrected chi connectivity index (χ0v) is 12.0. The molecule has 0 bridgehead atoms. The summed E-state index contributed by atoms with van der Waals surface area (Å²) >= 11 is 0. The van der Waals surface area contributed by atoms with Crippen LogP contribution in [-0.4, -0.2) is 30.1 Å². The average Bonchev–Trinajstić information content (AvgIpc) is 3.28. The third-order valence-electron chi connectivity index (χ3n) is 5.55. The minimum absolute atomic E-state index is 0.784. The largest absolute Gasteiger partial charge is 0.330 e. The van der Waals surface area contributed by atoms with E-state index in [-0.39, 0.29) is 0 Å². The lowest BCUT2D eigenvalue weighted by Gasteiger charge is -2.43. The van der Waals surface area contributed by atoms with Crippen LogP contribution in [0.25, 0.3) is 0 Å². The van der Waals surface area contributed by atoms with E-state index in [4.69, 9.17) is 5.73 Å². The molecule has 0 aromatic rings. The van der Waals surface area contributed by atoms with E-state index in [1.54, 1.807) is 0 Å². The monoisotopic (exact) mass is 250 g/mol.